The number of hydrogen-bond acceptors (Lipinski definition) is 8. The van der Waals surface area contributed by atoms with Gasteiger partial charge in [-0.15, -0.1) is 0 Å². The van der Waals surface area contributed by atoms with E-state index >= 15 is 0 Å². The van der Waals surface area contributed by atoms with E-state index in [1.807, 2.05) is 24.3 Å². The molecule has 2 bridgehead atoms. The molecule has 0 saturated heterocycles. The number of phenolic OH excluding ortho intramolecular Hbond substituents is 2. The van der Waals surface area contributed by atoms with Crippen molar-refractivity contribution in [2.45, 2.75) is 116 Å². The number of nitrogens with zero attached hydrogens (tertiary/aromatic N) is 1. The van der Waals surface area contributed by atoms with Crippen LogP contribution in [0.3, 0.4) is 0 Å². The minimum atomic E-state index is -0.868. The summed E-state index contributed by atoms with van der Waals surface area (Å²) in [5.74, 6) is 4.72. The van der Waals surface area contributed by atoms with Crippen molar-refractivity contribution >= 4 is 5.96 Å². The van der Waals surface area contributed by atoms with Gasteiger partial charge >= 0.3 is 0 Å². The fraction of sp³-hybridized carbons (Fsp3) is 0.571. The van der Waals surface area contributed by atoms with Crippen molar-refractivity contribution in [3.63, 3.8) is 0 Å². The molecule has 10 heteroatoms. The maximum Gasteiger partial charge on any atom is 0.185 e. The van der Waals surface area contributed by atoms with Gasteiger partial charge in [0.2, 0.25) is 0 Å². The molecule has 10 atom stereocenters. The zero-order chi connectivity index (χ0) is 41.5. The molecule has 0 radical (unpaired) electrons. The van der Waals surface area contributed by atoms with Crippen LogP contribution in [0.25, 0.3) is 11.1 Å². The van der Waals surface area contributed by atoms with Gasteiger partial charge in [0, 0.05) is 42.7 Å². The summed E-state index contributed by atoms with van der Waals surface area (Å²) in [6.45, 7) is 7.32. The van der Waals surface area contributed by atoms with Gasteiger partial charge in [-0.2, -0.15) is 0 Å². The highest BCUT2D eigenvalue weighted by atomic mass is 16.5. The Hall–Kier alpha value is -4.41. The Morgan fingerprint density at radius 1 is 0.966 bits per heavy atom. The van der Waals surface area contributed by atoms with E-state index in [9.17, 15) is 20.4 Å². The van der Waals surface area contributed by atoms with Crippen molar-refractivity contribution in [3.05, 3.63) is 76.4 Å². The van der Waals surface area contributed by atoms with Gasteiger partial charge in [-0.1, -0.05) is 51.8 Å². The van der Waals surface area contributed by atoms with Crippen molar-refractivity contribution in [3.8, 4) is 39.9 Å². The van der Waals surface area contributed by atoms with E-state index in [4.69, 9.17) is 25.7 Å². The smallest absolute Gasteiger partial charge is 0.185 e. The van der Waals surface area contributed by atoms with Crippen LogP contribution in [0.5, 0.6) is 28.7 Å². The van der Waals surface area contributed by atoms with Crippen LogP contribution in [0.15, 0.2) is 53.5 Å². The van der Waals surface area contributed by atoms with E-state index < -0.39 is 12.2 Å². The normalized spacial score (nSPS) is 29.5. The molecule has 4 aliphatic carbocycles. The Kier molecular flexibility index (Phi) is 12.1. The fourth-order valence-electron chi connectivity index (χ4n) is 11.7. The molecule has 1 aliphatic heterocycles. The number of aliphatic imine (C=N–C) groups is 1. The molecule has 3 aromatic rings. The summed E-state index contributed by atoms with van der Waals surface area (Å²) < 4.78 is 19.9. The molecule has 0 spiro atoms. The summed E-state index contributed by atoms with van der Waals surface area (Å²) in [5, 5.41) is 44.4. The lowest BCUT2D eigenvalue weighted by atomic mass is 9.64. The van der Waals surface area contributed by atoms with E-state index in [1.165, 1.54) is 0 Å². The maximum atomic E-state index is 12.1. The largest absolute Gasteiger partial charge is 0.508 e. The molecule has 1 heterocycles. The number of benzene rings is 3. The van der Waals surface area contributed by atoms with Crippen LogP contribution in [0, 0.1) is 41.4 Å². The SMILES string of the molecule is CCC1CC(C2Cc3cc(O)c(CC(C)C)cc3-c3c(OC)cc4c(c32)CC(O)C(c2ccc(O)c(OC3C5CCCC3C(CN=C(N)N)CC5)c2)O4)C=CC1CCO. The first kappa shape index (κ1) is 41.3. The molecule has 3 aromatic carbocycles. The number of allylic oxidation sites excluding steroid dienone is 2. The summed E-state index contributed by atoms with van der Waals surface area (Å²) in [5.41, 5.74) is 18.4. The van der Waals surface area contributed by atoms with Gasteiger partial charge < -0.3 is 46.1 Å². The second kappa shape index (κ2) is 17.3. The highest BCUT2D eigenvalue weighted by molar-refractivity contribution is 5.84. The third kappa shape index (κ3) is 8.11. The van der Waals surface area contributed by atoms with Crippen molar-refractivity contribution in [1.29, 1.82) is 0 Å². The van der Waals surface area contributed by atoms with E-state index in [-0.39, 0.29) is 42.2 Å². The minimum absolute atomic E-state index is 0.0591. The molecule has 0 amide bonds. The highest BCUT2D eigenvalue weighted by Gasteiger charge is 2.45. The van der Waals surface area contributed by atoms with Gasteiger partial charge in [0.05, 0.1) is 13.2 Å². The predicted octanol–water partition coefficient (Wildman–Crippen LogP) is 8.10. The monoisotopic (exact) mass is 807 g/mol. The third-order valence-electron chi connectivity index (χ3n) is 14.5. The highest BCUT2D eigenvalue weighted by Crippen LogP contribution is 2.56. The van der Waals surface area contributed by atoms with Crippen LogP contribution < -0.4 is 25.7 Å². The molecular formula is C49H65N3O7. The van der Waals surface area contributed by atoms with E-state index in [0.717, 1.165) is 103 Å². The van der Waals surface area contributed by atoms with Crippen LogP contribution in [-0.2, 0) is 19.3 Å². The topological polar surface area (TPSA) is 173 Å². The number of guanidine groups is 1. The number of aliphatic hydroxyl groups excluding tert-OH is 2. The molecular weight excluding hydrogens is 743 g/mol. The first-order valence-electron chi connectivity index (χ1n) is 22.2. The van der Waals surface area contributed by atoms with E-state index in [0.29, 0.717) is 65.6 Å². The molecule has 10 nitrogen and oxygen atoms in total. The zero-order valence-corrected chi connectivity index (χ0v) is 35.3. The quantitative estimate of drug-likeness (QED) is 0.0601. The van der Waals surface area contributed by atoms with Crippen molar-refractivity contribution in [2.24, 2.45) is 57.9 Å². The number of nitrogens with two attached hydrogens (primary N) is 2. The summed E-state index contributed by atoms with van der Waals surface area (Å²) in [6, 6.07) is 11.4. The Morgan fingerprint density at radius 3 is 2.54 bits per heavy atom. The molecule has 318 valence electrons. The number of fused-ring (bicyclic) bond motifs is 7. The number of rotatable bonds is 12. The number of hydrogen-bond donors (Lipinski definition) is 6. The Balaban J connectivity index is 1.16. The van der Waals surface area contributed by atoms with Crippen LogP contribution in [0.4, 0.5) is 0 Å². The van der Waals surface area contributed by atoms with Crippen molar-refractivity contribution in [1.82, 2.24) is 0 Å². The number of ether oxygens (including phenoxy) is 3. The average molecular weight is 808 g/mol. The van der Waals surface area contributed by atoms with Crippen molar-refractivity contribution < 1.29 is 34.6 Å². The summed E-state index contributed by atoms with van der Waals surface area (Å²) in [6.07, 6.45) is 13.0. The Morgan fingerprint density at radius 2 is 1.80 bits per heavy atom. The number of phenols is 2. The van der Waals surface area contributed by atoms with Gasteiger partial charge in [0.1, 0.15) is 29.5 Å². The summed E-state index contributed by atoms with van der Waals surface area (Å²) in [4.78, 5) is 4.36. The third-order valence-corrected chi connectivity index (χ3v) is 14.5. The zero-order valence-electron chi connectivity index (χ0n) is 35.3. The maximum absolute atomic E-state index is 12.1. The average Bonchev–Trinajstić information content (AvgIpc) is 3.21. The van der Waals surface area contributed by atoms with Crippen LogP contribution in [-0.4, -0.2) is 58.9 Å². The van der Waals surface area contributed by atoms with Gasteiger partial charge in [0.25, 0.3) is 0 Å². The first-order valence-corrected chi connectivity index (χ1v) is 22.2. The van der Waals surface area contributed by atoms with Crippen LogP contribution >= 0.6 is 0 Å². The molecule has 8 N–H and O–H groups in total. The molecule has 2 saturated carbocycles. The predicted molar refractivity (Wildman–Crippen MR) is 231 cm³/mol. The minimum Gasteiger partial charge on any atom is -0.508 e. The second-order valence-corrected chi connectivity index (χ2v) is 18.6. The van der Waals surface area contributed by atoms with Gasteiger partial charge in [0.15, 0.2) is 17.5 Å². The molecule has 59 heavy (non-hydrogen) atoms. The second-order valence-electron chi connectivity index (χ2n) is 18.6. The number of aromatic hydroxyl groups is 2. The lowest BCUT2D eigenvalue weighted by molar-refractivity contribution is -0.0266. The van der Waals surface area contributed by atoms with Gasteiger partial charge in [-0.05, 0) is 145 Å². The molecule has 8 rings (SSSR count). The molecule has 10 unspecified atom stereocenters. The molecule has 2 fully saturated rings. The molecule has 0 aromatic heterocycles. The standard InChI is InChI=1S/C49H65N3O7/c1-5-27-18-30(11-9-28(27)15-16-53)36-19-33-21-40(55)34(17-26(2)3)20-37(33)46-44(57-4)24-42-38(45(36)46)23-41(56)48(58-42)31-13-14-39(54)43(22-31)59-47-29-7-6-8-35(47)32(12-10-29)25-52-49(50)51/h9,11,13-14,20-22,24,26-30,32,35-36,41,47-48,53-56H,5-8,10,12,15-19,23,25H2,1-4H3,(H4,50,51,52). The summed E-state index contributed by atoms with van der Waals surface area (Å²) >= 11 is 0. The lowest BCUT2D eigenvalue weighted by Crippen LogP contribution is -2.46. The number of aliphatic hydroxyl groups is 2. The van der Waals surface area contributed by atoms with Gasteiger partial charge in [-0.3, -0.25) is 4.99 Å². The van der Waals surface area contributed by atoms with Gasteiger partial charge in [-0.25, -0.2) is 0 Å². The lowest BCUT2D eigenvalue weighted by Gasteiger charge is -2.46. The summed E-state index contributed by atoms with van der Waals surface area (Å²) in [7, 11) is 1.70. The van der Waals surface area contributed by atoms with Crippen LogP contribution in [0.1, 0.15) is 112 Å². The Labute approximate surface area is 349 Å². The van der Waals surface area contributed by atoms with Crippen LogP contribution in [0.2, 0.25) is 0 Å². The first-order chi connectivity index (χ1) is 28.5. The van der Waals surface area contributed by atoms with Crippen molar-refractivity contribution in [2.75, 3.05) is 20.3 Å². The number of methoxy groups -OCH3 is 1. The fourth-order valence-corrected chi connectivity index (χ4v) is 11.7. The molecule has 5 aliphatic rings. The van der Waals surface area contributed by atoms with E-state index in [2.05, 4.69) is 44.0 Å². The van der Waals surface area contributed by atoms with E-state index in [1.54, 1.807) is 13.2 Å². The Bertz CT molecular complexity index is 2060.